The second kappa shape index (κ2) is 9.90. The summed E-state index contributed by atoms with van der Waals surface area (Å²) >= 11 is 1.60. The summed E-state index contributed by atoms with van der Waals surface area (Å²) in [6.45, 7) is -0.0444. The first-order valence-electron chi connectivity index (χ1n) is 11.3. The third kappa shape index (κ3) is 4.43. The van der Waals surface area contributed by atoms with Crippen molar-refractivity contribution >= 4 is 44.9 Å². The van der Waals surface area contributed by atoms with Crippen LogP contribution in [0.2, 0.25) is 0 Å². The average molecular weight is 466 g/mol. The minimum atomic E-state index is -0.128. The number of benzene rings is 3. The molecule has 0 radical (unpaired) electrons. The Morgan fingerprint density at radius 2 is 1.85 bits per heavy atom. The summed E-state index contributed by atoms with van der Waals surface area (Å²) in [7, 11) is 0. The van der Waals surface area contributed by atoms with E-state index in [0.717, 1.165) is 53.3 Å². The number of nitrogens with zero attached hydrogens (tertiary/aromatic N) is 2. The summed E-state index contributed by atoms with van der Waals surface area (Å²) in [5.74, 6) is 0.470. The number of fused-ring (bicyclic) bond motifs is 2. The number of anilines is 1. The smallest absolute Gasteiger partial charge is 0.259 e. The Labute approximate surface area is 202 Å². The van der Waals surface area contributed by atoms with Crippen LogP contribution in [0.15, 0.2) is 71.7 Å². The molecule has 1 amide bonds. The van der Waals surface area contributed by atoms with Gasteiger partial charge in [0.1, 0.15) is 16.8 Å². The molecule has 0 bridgehead atoms. The number of nitrogens with one attached hydrogen (secondary N) is 1. The fourth-order valence-corrected chi connectivity index (χ4v) is 5.59. The SMILES string of the molecule is N#CCOc1ccc2ccccc2c1C=Nc1sc2c(c1C(=O)Nc1ccccc1)CCCC2. The van der Waals surface area contributed by atoms with Crippen LogP contribution in [0.4, 0.5) is 10.7 Å². The molecular weight excluding hydrogens is 442 g/mol. The first kappa shape index (κ1) is 21.9. The minimum absolute atomic E-state index is 0.0444. The molecule has 5 nitrogen and oxygen atoms in total. The number of thiophene rings is 1. The van der Waals surface area contributed by atoms with Crippen molar-refractivity contribution in [2.45, 2.75) is 25.7 Å². The lowest BCUT2D eigenvalue weighted by Gasteiger charge is -2.13. The van der Waals surface area contributed by atoms with Crippen LogP contribution in [0.5, 0.6) is 5.75 Å². The van der Waals surface area contributed by atoms with E-state index in [1.165, 1.54) is 4.88 Å². The molecule has 0 saturated heterocycles. The van der Waals surface area contributed by atoms with Crippen molar-refractivity contribution in [3.63, 3.8) is 0 Å². The van der Waals surface area contributed by atoms with E-state index < -0.39 is 0 Å². The van der Waals surface area contributed by atoms with Crippen molar-refractivity contribution in [2.75, 3.05) is 11.9 Å². The molecular formula is C28H23N3O2S. The first-order valence-corrected chi connectivity index (χ1v) is 12.1. The normalized spacial score (nSPS) is 12.9. The van der Waals surface area contributed by atoms with Gasteiger partial charge in [-0.3, -0.25) is 4.79 Å². The number of hydrogen-bond donors (Lipinski definition) is 1. The number of carbonyl (C=O) groups excluding carboxylic acids is 1. The fraction of sp³-hybridized carbons (Fsp3) is 0.179. The molecule has 4 aromatic rings. The van der Waals surface area contributed by atoms with Crippen molar-refractivity contribution in [1.29, 1.82) is 5.26 Å². The summed E-state index contributed by atoms with van der Waals surface area (Å²) in [6, 6.07) is 23.4. The predicted octanol–water partition coefficient (Wildman–Crippen LogP) is 6.69. The van der Waals surface area contributed by atoms with Gasteiger partial charge in [-0.25, -0.2) is 4.99 Å². The summed E-state index contributed by atoms with van der Waals surface area (Å²) in [5, 5.41) is 14.8. The summed E-state index contributed by atoms with van der Waals surface area (Å²) in [4.78, 5) is 19.4. The molecule has 1 aliphatic rings. The van der Waals surface area contributed by atoms with Crippen LogP contribution in [-0.4, -0.2) is 18.7 Å². The van der Waals surface area contributed by atoms with Gasteiger partial charge in [-0.05, 0) is 60.2 Å². The van der Waals surface area contributed by atoms with Gasteiger partial charge in [0.05, 0.1) is 5.56 Å². The molecule has 0 fully saturated rings. The Morgan fingerprint density at radius 3 is 2.71 bits per heavy atom. The van der Waals surface area contributed by atoms with Gasteiger partial charge in [0.2, 0.25) is 0 Å². The van der Waals surface area contributed by atoms with Gasteiger partial charge in [-0.2, -0.15) is 5.26 Å². The highest BCUT2D eigenvalue weighted by atomic mass is 32.1. The largest absolute Gasteiger partial charge is 0.478 e. The van der Waals surface area contributed by atoms with Gasteiger partial charge in [0, 0.05) is 22.3 Å². The number of ether oxygens (including phenoxy) is 1. The molecule has 0 aliphatic heterocycles. The molecule has 1 aliphatic carbocycles. The van der Waals surface area contributed by atoms with Gasteiger partial charge in [-0.1, -0.05) is 48.5 Å². The second-order valence-electron chi connectivity index (χ2n) is 8.11. The molecule has 0 saturated carbocycles. The van der Waals surface area contributed by atoms with E-state index in [9.17, 15) is 4.79 Å². The molecule has 0 atom stereocenters. The zero-order valence-electron chi connectivity index (χ0n) is 18.6. The lowest BCUT2D eigenvalue weighted by atomic mass is 9.95. The molecule has 0 spiro atoms. The topological polar surface area (TPSA) is 74.5 Å². The maximum Gasteiger partial charge on any atom is 0.259 e. The Balaban J connectivity index is 1.57. The molecule has 1 aromatic heterocycles. The highest BCUT2D eigenvalue weighted by molar-refractivity contribution is 7.16. The quantitative estimate of drug-likeness (QED) is 0.323. The molecule has 1 heterocycles. The first-order chi connectivity index (χ1) is 16.7. The van der Waals surface area contributed by atoms with E-state index >= 15 is 0 Å². The Kier molecular flexibility index (Phi) is 6.37. The van der Waals surface area contributed by atoms with E-state index in [-0.39, 0.29) is 12.5 Å². The van der Waals surface area contributed by atoms with Gasteiger partial charge >= 0.3 is 0 Å². The van der Waals surface area contributed by atoms with Crippen molar-refractivity contribution in [3.05, 3.63) is 88.3 Å². The van der Waals surface area contributed by atoms with Crippen molar-refractivity contribution < 1.29 is 9.53 Å². The number of para-hydroxylation sites is 1. The van der Waals surface area contributed by atoms with E-state index in [1.807, 2.05) is 72.8 Å². The maximum atomic E-state index is 13.4. The van der Waals surface area contributed by atoms with E-state index in [1.54, 1.807) is 17.6 Å². The van der Waals surface area contributed by atoms with Gasteiger partial charge in [0.15, 0.2) is 6.61 Å². The zero-order valence-corrected chi connectivity index (χ0v) is 19.4. The monoisotopic (exact) mass is 465 g/mol. The third-order valence-corrected chi connectivity index (χ3v) is 7.15. The van der Waals surface area contributed by atoms with Crippen molar-refractivity contribution in [3.8, 4) is 11.8 Å². The molecule has 0 unspecified atom stereocenters. The number of carbonyl (C=O) groups is 1. The van der Waals surface area contributed by atoms with E-state index in [2.05, 4.69) is 5.32 Å². The van der Waals surface area contributed by atoms with Gasteiger partial charge in [-0.15, -0.1) is 11.3 Å². The van der Waals surface area contributed by atoms with Gasteiger partial charge in [0.25, 0.3) is 5.91 Å². The fourth-order valence-electron chi connectivity index (χ4n) is 4.36. The Hall–Kier alpha value is -3.95. The van der Waals surface area contributed by atoms with Gasteiger partial charge < -0.3 is 10.1 Å². The number of rotatable bonds is 6. The van der Waals surface area contributed by atoms with Crippen LogP contribution in [0.1, 0.15) is 39.2 Å². The Morgan fingerprint density at radius 1 is 1.06 bits per heavy atom. The number of aliphatic imine (C=N–C) groups is 1. The lowest BCUT2D eigenvalue weighted by molar-refractivity contribution is 0.102. The highest BCUT2D eigenvalue weighted by Crippen LogP contribution is 2.40. The molecule has 168 valence electrons. The van der Waals surface area contributed by atoms with Crippen LogP contribution in [0.3, 0.4) is 0 Å². The number of nitriles is 1. The summed E-state index contributed by atoms with van der Waals surface area (Å²) < 4.78 is 5.69. The van der Waals surface area contributed by atoms with Crippen LogP contribution < -0.4 is 10.1 Å². The Bertz CT molecular complexity index is 1420. The average Bonchev–Trinajstić information content (AvgIpc) is 3.25. The summed E-state index contributed by atoms with van der Waals surface area (Å²) in [6.07, 6.45) is 5.85. The van der Waals surface area contributed by atoms with Crippen LogP contribution in [-0.2, 0) is 12.8 Å². The predicted molar refractivity (Wildman–Crippen MR) is 138 cm³/mol. The maximum absolute atomic E-state index is 13.4. The molecule has 5 rings (SSSR count). The summed E-state index contributed by atoms with van der Waals surface area (Å²) in [5.41, 5.74) is 3.35. The van der Waals surface area contributed by atoms with E-state index in [4.69, 9.17) is 15.0 Å². The van der Waals surface area contributed by atoms with E-state index in [0.29, 0.717) is 16.3 Å². The molecule has 34 heavy (non-hydrogen) atoms. The molecule has 6 heteroatoms. The number of amides is 1. The van der Waals surface area contributed by atoms with Crippen molar-refractivity contribution in [1.82, 2.24) is 0 Å². The standard InChI is InChI=1S/C28H23N3O2S/c29-16-17-33-24-15-14-19-8-4-5-11-21(19)23(24)18-30-28-26(22-12-6-7-13-25(22)34-28)27(32)31-20-9-2-1-3-10-20/h1-5,8-11,14-15,18H,6-7,12-13,17H2,(H,31,32). The third-order valence-electron chi connectivity index (χ3n) is 5.95. The van der Waals surface area contributed by atoms with Crippen molar-refractivity contribution in [2.24, 2.45) is 4.99 Å². The number of hydrogen-bond acceptors (Lipinski definition) is 5. The zero-order chi connectivity index (χ0) is 23.3. The highest BCUT2D eigenvalue weighted by Gasteiger charge is 2.25. The second-order valence-corrected chi connectivity index (χ2v) is 9.20. The van der Waals surface area contributed by atoms with Crippen LogP contribution in [0, 0.1) is 11.3 Å². The minimum Gasteiger partial charge on any atom is -0.478 e. The number of aryl methyl sites for hydroxylation is 1. The lowest BCUT2D eigenvalue weighted by Crippen LogP contribution is -2.14. The van der Waals surface area contributed by atoms with Crippen LogP contribution >= 0.6 is 11.3 Å². The van der Waals surface area contributed by atoms with Crippen LogP contribution in [0.25, 0.3) is 10.8 Å². The molecule has 1 N–H and O–H groups in total. The molecule has 3 aromatic carbocycles.